The van der Waals surface area contributed by atoms with Crippen LogP contribution in [0.3, 0.4) is 0 Å². The molecular weight excluding hydrogens is 436 g/mol. The van der Waals surface area contributed by atoms with Gasteiger partial charge < -0.3 is 15.2 Å². The van der Waals surface area contributed by atoms with Crippen LogP contribution in [0.2, 0.25) is 0 Å². The highest BCUT2D eigenvalue weighted by atomic mass is 127. The van der Waals surface area contributed by atoms with Crippen molar-refractivity contribution in [1.82, 2.24) is 20.8 Å². The highest BCUT2D eigenvalue weighted by Gasteiger charge is 2.03. The van der Waals surface area contributed by atoms with E-state index in [1.54, 1.807) is 19.9 Å². The second-order valence-electron chi connectivity index (χ2n) is 5.54. The Hall–Kier alpha value is -1.71. The monoisotopic (exact) mass is 461 g/mol. The molecule has 1 aromatic carbocycles. The van der Waals surface area contributed by atoms with Crippen LogP contribution >= 0.6 is 24.0 Å². The van der Waals surface area contributed by atoms with Crippen molar-refractivity contribution in [3.05, 3.63) is 46.9 Å². The van der Waals surface area contributed by atoms with Crippen LogP contribution in [0.1, 0.15) is 36.2 Å². The minimum atomic E-state index is -0.199. The van der Waals surface area contributed by atoms with Gasteiger partial charge in [0.15, 0.2) is 11.8 Å². The summed E-state index contributed by atoms with van der Waals surface area (Å²) in [5.41, 5.74) is 1.49. The van der Waals surface area contributed by atoms with Gasteiger partial charge in [-0.2, -0.15) is 4.98 Å². The van der Waals surface area contributed by atoms with E-state index in [1.807, 2.05) is 13.0 Å². The summed E-state index contributed by atoms with van der Waals surface area (Å²) in [4.78, 5) is 8.65. The molecule has 0 radical (unpaired) electrons. The first kappa shape index (κ1) is 21.3. The van der Waals surface area contributed by atoms with Gasteiger partial charge in [0.2, 0.25) is 5.89 Å². The smallest absolute Gasteiger partial charge is 0.226 e. The number of aliphatic imine (C=N–C) groups is 1. The van der Waals surface area contributed by atoms with Gasteiger partial charge in [0.05, 0.1) is 6.54 Å². The second kappa shape index (κ2) is 11.0. The average Bonchev–Trinajstić information content (AvgIpc) is 2.97. The van der Waals surface area contributed by atoms with Crippen LogP contribution < -0.4 is 10.6 Å². The quantitative estimate of drug-likeness (QED) is 0.287. The predicted molar refractivity (Wildman–Crippen MR) is 107 cm³/mol. The van der Waals surface area contributed by atoms with Gasteiger partial charge in [0.1, 0.15) is 5.82 Å². The molecule has 0 saturated carbocycles. The minimum absolute atomic E-state index is 0. The maximum Gasteiger partial charge on any atom is 0.226 e. The first-order valence-electron chi connectivity index (χ1n) is 8.15. The van der Waals surface area contributed by atoms with Gasteiger partial charge in [-0.1, -0.05) is 17.3 Å². The molecular formula is C17H25FIN5O. The van der Waals surface area contributed by atoms with Crippen molar-refractivity contribution in [3.8, 4) is 0 Å². The Morgan fingerprint density at radius 3 is 2.72 bits per heavy atom. The summed E-state index contributed by atoms with van der Waals surface area (Å²) in [6, 6.07) is 5.19. The molecule has 0 fully saturated rings. The van der Waals surface area contributed by atoms with Crippen molar-refractivity contribution in [2.45, 2.75) is 40.2 Å². The Morgan fingerprint density at radius 1 is 1.28 bits per heavy atom. The fourth-order valence-corrected chi connectivity index (χ4v) is 2.13. The lowest BCUT2D eigenvalue weighted by Gasteiger charge is -2.11. The van der Waals surface area contributed by atoms with Crippen LogP contribution in [0, 0.1) is 19.7 Å². The van der Waals surface area contributed by atoms with Crippen LogP contribution in [-0.4, -0.2) is 29.2 Å². The summed E-state index contributed by atoms with van der Waals surface area (Å²) in [7, 11) is 0. The Morgan fingerprint density at radius 2 is 2.08 bits per heavy atom. The number of guanidine groups is 1. The molecule has 25 heavy (non-hydrogen) atoms. The number of nitrogens with zero attached hydrogens (tertiary/aromatic N) is 3. The van der Waals surface area contributed by atoms with Crippen molar-refractivity contribution in [2.75, 3.05) is 13.1 Å². The molecule has 1 aromatic heterocycles. The number of halogens is 2. The van der Waals surface area contributed by atoms with Crippen molar-refractivity contribution in [2.24, 2.45) is 4.99 Å². The molecule has 8 heteroatoms. The summed E-state index contributed by atoms with van der Waals surface area (Å²) in [6.45, 7) is 7.47. The molecule has 0 aliphatic carbocycles. The summed E-state index contributed by atoms with van der Waals surface area (Å²) < 4.78 is 18.6. The molecule has 2 rings (SSSR count). The molecule has 6 nitrogen and oxygen atoms in total. The standard InChI is InChI=1S/C17H24FN5O.HI/c1-4-19-17(20-9-5-6-16-22-13(3)23-24-16)21-11-14-8-7-12(2)15(18)10-14;/h7-8,10H,4-6,9,11H2,1-3H3,(H2,19,20,21);1H. The average molecular weight is 461 g/mol. The third-order valence-corrected chi connectivity index (χ3v) is 3.43. The molecule has 0 unspecified atom stereocenters. The molecule has 0 bridgehead atoms. The van der Waals surface area contributed by atoms with Gasteiger partial charge in [-0.3, -0.25) is 0 Å². The highest BCUT2D eigenvalue weighted by Crippen LogP contribution is 2.10. The van der Waals surface area contributed by atoms with Crippen molar-refractivity contribution >= 4 is 29.9 Å². The van der Waals surface area contributed by atoms with Crippen LogP contribution in [-0.2, 0) is 13.0 Å². The van der Waals surface area contributed by atoms with E-state index in [0.717, 1.165) is 31.5 Å². The fourth-order valence-electron chi connectivity index (χ4n) is 2.13. The number of hydrogen-bond acceptors (Lipinski definition) is 4. The lowest BCUT2D eigenvalue weighted by atomic mass is 10.1. The second-order valence-corrected chi connectivity index (χ2v) is 5.54. The third kappa shape index (κ3) is 7.37. The van der Waals surface area contributed by atoms with E-state index in [1.165, 1.54) is 6.07 Å². The van der Waals surface area contributed by atoms with Crippen LogP contribution in [0.5, 0.6) is 0 Å². The number of hydrogen-bond donors (Lipinski definition) is 2. The normalized spacial score (nSPS) is 11.1. The van der Waals surface area contributed by atoms with Gasteiger partial charge in [0.25, 0.3) is 0 Å². The number of rotatable bonds is 7. The van der Waals surface area contributed by atoms with E-state index in [-0.39, 0.29) is 29.8 Å². The maximum atomic E-state index is 13.6. The van der Waals surface area contributed by atoms with E-state index >= 15 is 0 Å². The van der Waals surface area contributed by atoms with Crippen molar-refractivity contribution in [3.63, 3.8) is 0 Å². The van der Waals surface area contributed by atoms with E-state index in [4.69, 9.17) is 4.52 Å². The number of nitrogens with one attached hydrogen (secondary N) is 2. The lowest BCUT2D eigenvalue weighted by Crippen LogP contribution is -2.37. The van der Waals surface area contributed by atoms with Crippen LogP contribution in [0.25, 0.3) is 0 Å². The zero-order valence-electron chi connectivity index (χ0n) is 14.8. The molecule has 138 valence electrons. The van der Waals surface area contributed by atoms with Gasteiger partial charge in [-0.25, -0.2) is 9.38 Å². The summed E-state index contributed by atoms with van der Waals surface area (Å²) in [6.07, 6.45) is 1.57. The van der Waals surface area contributed by atoms with E-state index in [2.05, 4.69) is 25.8 Å². The van der Waals surface area contributed by atoms with Crippen molar-refractivity contribution < 1.29 is 8.91 Å². The lowest BCUT2D eigenvalue weighted by molar-refractivity contribution is 0.372. The summed E-state index contributed by atoms with van der Waals surface area (Å²) in [5.74, 6) is 1.81. The Bertz CT molecular complexity index is 689. The molecule has 0 amide bonds. The van der Waals surface area contributed by atoms with Gasteiger partial charge in [-0.15, -0.1) is 24.0 Å². The first-order valence-corrected chi connectivity index (χ1v) is 8.15. The largest absolute Gasteiger partial charge is 0.357 e. The number of benzene rings is 1. The zero-order chi connectivity index (χ0) is 17.4. The van der Waals surface area contributed by atoms with E-state index in [0.29, 0.717) is 29.8 Å². The molecule has 0 spiro atoms. The molecule has 1 heterocycles. The number of aromatic nitrogens is 2. The molecule has 0 atom stereocenters. The summed E-state index contributed by atoms with van der Waals surface area (Å²) >= 11 is 0. The predicted octanol–water partition coefficient (Wildman–Crippen LogP) is 3.13. The molecule has 2 N–H and O–H groups in total. The third-order valence-electron chi connectivity index (χ3n) is 3.43. The van der Waals surface area contributed by atoms with E-state index < -0.39 is 0 Å². The van der Waals surface area contributed by atoms with Crippen molar-refractivity contribution in [1.29, 1.82) is 0 Å². The fraction of sp³-hybridized carbons (Fsp3) is 0.471. The zero-order valence-corrected chi connectivity index (χ0v) is 17.1. The Labute approximate surface area is 164 Å². The van der Waals surface area contributed by atoms with Gasteiger partial charge in [0, 0.05) is 19.5 Å². The van der Waals surface area contributed by atoms with Gasteiger partial charge >= 0.3 is 0 Å². The molecule has 0 aliphatic heterocycles. The van der Waals surface area contributed by atoms with E-state index in [9.17, 15) is 4.39 Å². The SMILES string of the molecule is CCNC(=NCc1ccc(C)c(F)c1)NCCCc1nc(C)no1.I. The van der Waals surface area contributed by atoms with Crippen LogP contribution in [0.4, 0.5) is 4.39 Å². The molecule has 0 saturated heterocycles. The topological polar surface area (TPSA) is 75.3 Å². The first-order chi connectivity index (χ1) is 11.6. The Kier molecular flexibility index (Phi) is 9.40. The van der Waals surface area contributed by atoms with Crippen LogP contribution in [0.15, 0.2) is 27.7 Å². The minimum Gasteiger partial charge on any atom is -0.357 e. The summed E-state index contributed by atoms with van der Waals surface area (Å²) in [5, 5.41) is 10.2. The number of aryl methyl sites for hydroxylation is 3. The Balaban J connectivity index is 0.00000312. The van der Waals surface area contributed by atoms with Gasteiger partial charge in [-0.05, 0) is 44.4 Å². The highest BCUT2D eigenvalue weighted by molar-refractivity contribution is 14.0. The molecule has 2 aromatic rings. The molecule has 0 aliphatic rings. The maximum absolute atomic E-state index is 13.6.